The van der Waals surface area contributed by atoms with E-state index in [-0.39, 0.29) is 30.3 Å². The highest BCUT2D eigenvalue weighted by atomic mass is 79.9. The summed E-state index contributed by atoms with van der Waals surface area (Å²) in [5.41, 5.74) is 3.45. The van der Waals surface area contributed by atoms with E-state index in [2.05, 4.69) is 48.1 Å². The molecule has 1 aromatic heterocycles. The quantitative estimate of drug-likeness (QED) is 0.337. The van der Waals surface area contributed by atoms with Crippen LogP contribution in [-0.2, 0) is 9.53 Å². The molecule has 7 heteroatoms. The minimum atomic E-state index is -0.301. The van der Waals surface area contributed by atoms with E-state index in [1.807, 2.05) is 24.3 Å². The maximum Gasteiger partial charge on any atom is 0.307 e. The Kier molecular flexibility index (Phi) is 8.19. The van der Waals surface area contributed by atoms with Crippen molar-refractivity contribution in [1.82, 2.24) is 4.90 Å². The summed E-state index contributed by atoms with van der Waals surface area (Å²) in [5, 5.41) is 4.67. The summed E-state index contributed by atoms with van der Waals surface area (Å²) >= 11 is 3.54. The van der Waals surface area contributed by atoms with Gasteiger partial charge in [0.15, 0.2) is 0 Å². The monoisotopic (exact) mass is 514 g/mol. The zero-order valence-corrected chi connectivity index (χ0v) is 21.4. The summed E-state index contributed by atoms with van der Waals surface area (Å²) < 4.78 is 12.2. The number of aryl methyl sites for hydroxylation is 1. The van der Waals surface area contributed by atoms with Gasteiger partial charge in [-0.1, -0.05) is 29.8 Å². The number of carbonyl (C=O) groups excluding carboxylic acids is 2. The van der Waals surface area contributed by atoms with Gasteiger partial charge < -0.3 is 19.4 Å². The van der Waals surface area contributed by atoms with Gasteiger partial charge in [-0.25, -0.2) is 0 Å². The number of furan rings is 1. The number of ether oxygens (including phenoxy) is 1. The number of rotatable bonds is 9. The molecule has 0 aliphatic carbocycles. The van der Waals surface area contributed by atoms with E-state index in [4.69, 9.17) is 9.15 Å². The van der Waals surface area contributed by atoms with Crippen LogP contribution in [0, 0.1) is 12.8 Å². The van der Waals surface area contributed by atoms with Gasteiger partial charge in [-0.3, -0.25) is 9.59 Å². The molecule has 0 saturated heterocycles. The molecule has 0 saturated carbocycles. The van der Waals surface area contributed by atoms with Gasteiger partial charge in [0, 0.05) is 40.3 Å². The van der Waals surface area contributed by atoms with Crippen molar-refractivity contribution in [1.29, 1.82) is 0 Å². The van der Waals surface area contributed by atoms with Gasteiger partial charge in [-0.2, -0.15) is 0 Å². The predicted octanol–water partition coefficient (Wildman–Crippen LogP) is 6.34. The molecule has 33 heavy (non-hydrogen) atoms. The number of benzene rings is 2. The normalized spacial score (nSPS) is 12.1. The second kappa shape index (κ2) is 10.9. The molecule has 0 aliphatic heterocycles. The molecule has 0 fully saturated rings. The fraction of sp³-hybridized carbons (Fsp3) is 0.385. The van der Waals surface area contributed by atoms with Gasteiger partial charge in [-0.05, 0) is 62.2 Å². The van der Waals surface area contributed by atoms with E-state index in [9.17, 15) is 9.59 Å². The van der Waals surface area contributed by atoms with Gasteiger partial charge >= 0.3 is 5.97 Å². The Morgan fingerprint density at radius 1 is 1.15 bits per heavy atom. The first-order valence-electron chi connectivity index (χ1n) is 11.2. The molecular formula is C26H31BrN2O4. The fourth-order valence-electron chi connectivity index (χ4n) is 3.75. The zero-order valence-electron chi connectivity index (χ0n) is 19.8. The lowest BCUT2D eigenvalue weighted by Crippen LogP contribution is -2.29. The lowest BCUT2D eigenvalue weighted by Gasteiger charge is -2.23. The average Bonchev–Trinajstić information content (AvgIpc) is 3.11. The average molecular weight is 515 g/mol. The van der Waals surface area contributed by atoms with E-state index in [1.165, 1.54) is 4.90 Å². The van der Waals surface area contributed by atoms with Crippen molar-refractivity contribution in [3.05, 3.63) is 63.8 Å². The SMILES string of the molecule is CCOC(=O)CCN(C)C(=O)c1ccc(NC(c2oc3ccc(Br)cc3c2C)C(C)C)cc1. The molecule has 3 aromatic rings. The van der Waals surface area contributed by atoms with Crippen LogP contribution in [0.1, 0.15) is 54.9 Å². The van der Waals surface area contributed by atoms with E-state index >= 15 is 0 Å². The second-order valence-corrected chi connectivity index (χ2v) is 9.37. The molecule has 0 radical (unpaired) electrons. The van der Waals surface area contributed by atoms with Crippen molar-refractivity contribution in [3.8, 4) is 0 Å². The van der Waals surface area contributed by atoms with Gasteiger partial charge in [0.25, 0.3) is 5.91 Å². The van der Waals surface area contributed by atoms with Crippen LogP contribution in [0.15, 0.2) is 51.4 Å². The van der Waals surface area contributed by atoms with E-state index in [1.54, 1.807) is 26.1 Å². The molecule has 176 valence electrons. The van der Waals surface area contributed by atoms with E-state index < -0.39 is 0 Å². The summed E-state index contributed by atoms with van der Waals surface area (Å²) in [7, 11) is 1.69. The smallest absolute Gasteiger partial charge is 0.307 e. The number of esters is 1. The number of carbonyl (C=O) groups is 2. The van der Waals surface area contributed by atoms with E-state index in [0.29, 0.717) is 18.7 Å². The van der Waals surface area contributed by atoms with Crippen molar-refractivity contribution in [2.24, 2.45) is 5.92 Å². The maximum atomic E-state index is 12.7. The van der Waals surface area contributed by atoms with Crippen molar-refractivity contribution >= 4 is 44.5 Å². The molecule has 2 aromatic carbocycles. The Bertz CT molecular complexity index is 1120. The van der Waals surface area contributed by atoms with Crippen LogP contribution in [0.25, 0.3) is 11.0 Å². The van der Waals surface area contributed by atoms with Crippen LogP contribution < -0.4 is 5.32 Å². The van der Waals surface area contributed by atoms with Crippen LogP contribution >= 0.6 is 15.9 Å². The summed E-state index contributed by atoms with van der Waals surface area (Å²) in [5.74, 6) is 0.759. The molecule has 1 N–H and O–H groups in total. The third-order valence-corrected chi connectivity index (χ3v) is 6.13. The molecular weight excluding hydrogens is 484 g/mol. The standard InChI is InChI=1S/C26H31BrN2O4/c1-6-32-23(30)13-14-29(5)26(31)18-7-10-20(11-8-18)28-24(16(2)3)25-17(4)21-15-19(27)9-12-22(21)33-25/h7-12,15-16,24,28H,6,13-14H2,1-5H3. The van der Waals surface area contributed by atoms with E-state index in [0.717, 1.165) is 32.5 Å². The Balaban J connectivity index is 1.73. The third-order valence-electron chi connectivity index (χ3n) is 5.64. The highest BCUT2D eigenvalue weighted by Gasteiger charge is 2.24. The van der Waals surface area contributed by atoms with Crippen LogP contribution in [0.3, 0.4) is 0 Å². The Morgan fingerprint density at radius 2 is 1.85 bits per heavy atom. The Labute approximate surface area is 203 Å². The fourth-order valence-corrected chi connectivity index (χ4v) is 4.11. The number of fused-ring (bicyclic) bond motifs is 1. The Hall–Kier alpha value is -2.80. The summed E-state index contributed by atoms with van der Waals surface area (Å²) in [6.07, 6.45) is 0.180. The van der Waals surface area contributed by atoms with Crippen molar-refractivity contribution in [3.63, 3.8) is 0 Å². The number of hydrogen-bond donors (Lipinski definition) is 1. The topological polar surface area (TPSA) is 71.8 Å². The largest absolute Gasteiger partial charge is 0.466 e. The number of nitrogens with zero attached hydrogens (tertiary/aromatic N) is 1. The zero-order chi connectivity index (χ0) is 24.1. The van der Waals surface area contributed by atoms with Crippen LogP contribution in [0.2, 0.25) is 0 Å². The molecule has 0 spiro atoms. The maximum absolute atomic E-state index is 12.7. The highest BCUT2D eigenvalue weighted by Crippen LogP contribution is 2.36. The molecule has 1 atom stereocenters. The van der Waals surface area contributed by atoms with Gasteiger partial charge in [-0.15, -0.1) is 0 Å². The van der Waals surface area contributed by atoms with Crippen LogP contribution in [0.5, 0.6) is 0 Å². The van der Waals surface area contributed by atoms with Gasteiger partial charge in [0.05, 0.1) is 19.1 Å². The minimum Gasteiger partial charge on any atom is -0.466 e. The molecule has 3 rings (SSSR count). The number of amides is 1. The lowest BCUT2D eigenvalue weighted by molar-refractivity contribution is -0.143. The lowest BCUT2D eigenvalue weighted by atomic mass is 9.97. The molecule has 1 unspecified atom stereocenters. The first-order valence-corrected chi connectivity index (χ1v) is 12.0. The van der Waals surface area contributed by atoms with Crippen LogP contribution in [-0.4, -0.2) is 37.0 Å². The summed E-state index contributed by atoms with van der Waals surface area (Å²) in [6.45, 7) is 8.80. The number of hydrogen-bond acceptors (Lipinski definition) is 5. The van der Waals surface area contributed by atoms with Gasteiger partial charge in [0.1, 0.15) is 11.3 Å². The first kappa shape index (κ1) is 24.8. The minimum absolute atomic E-state index is 0.0232. The number of anilines is 1. The van der Waals surface area contributed by atoms with Crippen molar-refractivity contribution < 1.29 is 18.7 Å². The number of nitrogens with one attached hydrogen (secondary N) is 1. The molecule has 0 bridgehead atoms. The highest BCUT2D eigenvalue weighted by molar-refractivity contribution is 9.10. The third kappa shape index (κ3) is 5.96. The Morgan fingerprint density at radius 3 is 2.48 bits per heavy atom. The van der Waals surface area contributed by atoms with Crippen molar-refractivity contribution in [2.45, 2.75) is 40.2 Å². The second-order valence-electron chi connectivity index (χ2n) is 8.46. The first-order chi connectivity index (χ1) is 15.7. The number of halogens is 1. The summed E-state index contributed by atoms with van der Waals surface area (Å²) in [4.78, 5) is 25.8. The molecule has 1 heterocycles. The molecule has 1 amide bonds. The predicted molar refractivity (Wildman–Crippen MR) is 135 cm³/mol. The van der Waals surface area contributed by atoms with Gasteiger partial charge in [0.2, 0.25) is 0 Å². The summed E-state index contributed by atoms with van der Waals surface area (Å²) in [6, 6.07) is 13.4. The molecule has 6 nitrogen and oxygen atoms in total. The molecule has 0 aliphatic rings. The van der Waals surface area contributed by atoms with Crippen LogP contribution in [0.4, 0.5) is 5.69 Å². The van der Waals surface area contributed by atoms with Crippen molar-refractivity contribution in [2.75, 3.05) is 25.5 Å².